The van der Waals surface area contributed by atoms with Crippen LogP contribution < -0.4 is 15.8 Å². The molecule has 1 fully saturated rings. The quantitative estimate of drug-likeness (QED) is 0.679. The van der Waals surface area contributed by atoms with E-state index in [-0.39, 0.29) is 18.2 Å². The van der Waals surface area contributed by atoms with Crippen molar-refractivity contribution in [3.05, 3.63) is 65.7 Å². The summed E-state index contributed by atoms with van der Waals surface area (Å²) in [5.41, 5.74) is 7.63. The van der Waals surface area contributed by atoms with E-state index in [0.717, 1.165) is 24.4 Å². The van der Waals surface area contributed by atoms with Crippen molar-refractivity contribution in [3.63, 3.8) is 0 Å². The second-order valence-corrected chi connectivity index (χ2v) is 7.43. The largest absolute Gasteiger partial charge is 0.497 e. The second-order valence-electron chi connectivity index (χ2n) is 7.43. The van der Waals surface area contributed by atoms with Crippen LogP contribution in [0.2, 0.25) is 0 Å². The maximum atomic E-state index is 13.0. The number of methoxy groups -OCH3 is 1. The normalized spacial score (nSPS) is 16.9. The molecule has 2 aromatic rings. The van der Waals surface area contributed by atoms with E-state index in [2.05, 4.69) is 22.3 Å². The maximum Gasteiger partial charge on any atom is 0.244 e. The molecule has 0 radical (unpaired) electrons. The topological polar surface area (TPSA) is 87.9 Å². The first kappa shape index (κ1) is 21.8. The van der Waals surface area contributed by atoms with Gasteiger partial charge in [-0.2, -0.15) is 0 Å². The lowest BCUT2D eigenvalue weighted by atomic mass is 10.1. The van der Waals surface area contributed by atoms with Crippen molar-refractivity contribution in [3.8, 4) is 5.75 Å². The van der Waals surface area contributed by atoms with Gasteiger partial charge >= 0.3 is 0 Å². The number of nitrogens with two attached hydrogens (primary N) is 1. The van der Waals surface area contributed by atoms with Crippen LogP contribution in [0.5, 0.6) is 5.75 Å². The number of benzene rings is 2. The van der Waals surface area contributed by atoms with Crippen LogP contribution >= 0.6 is 0 Å². The number of hydrogen-bond acceptors (Lipinski definition) is 5. The Labute approximate surface area is 177 Å². The molecule has 0 spiro atoms. The summed E-state index contributed by atoms with van der Waals surface area (Å²) < 4.78 is 5.17. The van der Waals surface area contributed by atoms with E-state index < -0.39 is 6.04 Å². The standard InChI is InChI=1S/C23H30N4O3/c1-30-20-9-7-18(8-10-20)15-22(28)27-14-13-26(16-19-5-3-2-4-6-19)17-21(27)23(29)25-12-11-24/h2-10,21H,11-17,24H2,1H3,(H,25,29). The molecule has 2 amide bonds. The monoisotopic (exact) mass is 410 g/mol. The van der Waals surface area contributed by atoms with Crippen LogP contribution in [0, 0.1) is 0 Å². The number of amides is 2. The third-order valence-electron chi connectivity index (χ3n) is 5.29. The predicted molar refractivity (Wildman–Crippen MR) is 116 cm³/mol. The van der Waals surface area contributed by atoms with Crippen LogP contribution in [0.1, 0.15) is 11.1 Å². The van der Waals surface area contributed by atoms with E-state index in [9.17, 15) is 9.59 Å². The van der Waals surface area contributed by atoms with Crippen LogP contribution in [0.25, 0.3) is 0 Å². The minimum Gasteiger partial charge on any atom is -0.497 e. The molecule has 0 bridgehead atoms. The molecule has 0 aliphatic carbocycles. The molecule has 1 atom stereocenters. The highest BCUT2D eigenvalue weighted by atomic mass is 16.5. The highest BCUT2D eigenvalue weighted by molar-refractivity contribution is 5.89. The van der Waals surface area contributed by atoms with Gasteiger partial charge in [0.2, 0.25) is 11.8 Å². The fourth-order valence-electron chi connectivity index (χ4n) is 3.68. The molecule has 1 aliphatic heterocycles. The molecule has 7 heteroatoms. The van der Waals surface area contributed by atoms with Crippen LogP contribution in [0.4, 0.5) is 0 Å². The number of carbonyl (C=O) groups is 2. The molecular formula is C23H30N4O3. The Morgan fingerprint density at radius 1 is 1.07 bits per heavy atom. The number of hydrogen-bond donors (Lipinski definition) is 2. The molecule has 160 valence electrons. The second kappa shape index (κ2) is 10.8. The van der Waals surface area contributed by atoms with E-state index in [1.54, 1.807) is 12.0 Å². The Bertz CT molecular complexity index is 826. The molecule has 1 unspecified atom stereocenters. The van der Waals surface area contributed by atoms with Gasteiger partial charge in [0.05, 0.1) is 13.5 Å². The van der Waals surface area contributed by atoms with Gasteiger partial charge in [-0.25, -0.2) is 0 Å². The summed E-state index contributed by atoms with van der Waals surface area (Å²) in [4.78, 5) is 29.8. The average molecular weight is 411 g/mol. The summed E-state index contributed by atoms with van der Waals surface area (Å²) in [5, 5.41) is 2.85. The van der Waals surface area contributed by atoms with Crippen molar-refractivity contribution in [2.45, 2.75) is 19.0 Å². The summed E-state index contributed by atoms with van der Waals surface area (Å²) in [6, 6.07) is 17.1. The van der Waals surface area contributed by atoms with E-state index in [1.807, 2.05) is 42.5 Å². The molecule has 2 aromatic carbocycles. The number of ether oxygens (including phenoxy) is 1. The van der Waals surface area contributed by atoms with E-state index >= 15 is 0 Å². The first-order chi connectivity index (χ1) is 14.6. The summed E-state index contributed by atoms with van der Waals surface area (Å²) in [6.45, 7) is 3.26. The maximum absolute atomic E-state index is 13.0. The van der Waals surface area contributed by atoms with Gasteiger partial charge in [0, 0.05) is 39.3 Å². The Morgan fingerprint density at radius 3 is 2.47 bits per heavy atom. The lowest BCUT2D eigenvalue weighted by Crippen LogP contribution is -2.60. The number of piperazine rings is 1. The van der Waals surface area contributed by atoms with Gasteiger partial charge in [0.15, 0.2) is 0 Å². The van der Waals surface area contributed by atoms with Crippen molar-refractivity contribution in [1.82, 2.24) is 15.1 Å². The highest BCUT2D eigenvalue weighted by Gasteiger charge is 2.35. The van der Waals surface area contributed by atoms with Crippen LogP contribution in [0.15, 0.2) is 54.6 Å². The number of carbonyl (C=O) groups excluding carboxylic acids is 2. The molecule has 1 aliphatic rings. The molecule has 0 aromatic heterocycles. The third kappa shape index (κ3) is 5.81. The third-order valence-corrected chi connectivity index (χ3v) is 5.29. The Balaban J connectivity index is 1.69. The number of rotatable bonds is 8. The fourth-order valence-corrected chi connectivity index (χ4v) is 3.68. The SMILES string of the molecule is COc1ccc(CC(=O)N2CCN(Cc3ccccc3)CC2C(=O)NCCN)cc1. The Hall–Kier alpha value is -2.90. The molecule has 3 N–H and O–H groups in total. The zero-order valence-electron chi connectivity index (χ0n) is 17.4. The molecule has 0 saturated carbocycles. The molecule has 3 rings (SSSR count). The molecule has 7 nitrogen and oxygen atoms in total. The van der Waals surface area contributed by atoms with Gasteiger partial charge in [-0.1, -0.05) is 42.5 Å². The van der Waals surface area contributed by atoms with Gasteiger partial charge < -0.3 is 20.7 Å². The first-order valence-electron chi connectivity index (χ1n) is 10.3. The van der Waals surface area contributed by atoms with Crippen LogP contribution in [-0.2, 0) is 22.6 Å². The summed E-state index contributed by atoms with van der Waals surface area (Å²) in [5.74, 6) is 0.550. The van der Waals surface area contributed by atoms with Crippen molar-refractivity contribution in [1.29, 1.82) is 0 Å². The van der Waals surface area contributed by atoms with Gasteiger partial charge in [0.25, 0.3) is 0 Å². The summed E-state index contributed by atoms with van der Waals surface area (Å²) in [6.07, 6.45) is 0.253. The van der Waals surface area contributed by atoms with Gasteiger partial charge in [-0.05, 0) is 23.3 Å². The minimum absolute atomic E-state index is 0.0487. The lowest BCUT2D eigenvalue weighted by molar-refractivity contribution is -0.143. The number of nitrogens with zero attached hydrogens (tertiary/aromatic N) is 2. The summed E-state index contributed by atoms with van der Waals surface area (Å²) in [7, 11) is 1.61. The van der Waals surface area contributed by atoms with Gasteiger partial charge in [-0.3, -0.25) is 14.5 Å². The van der Waals surface area contributed by atoms with E-state index in [1.165, 1.54) is 5.56 Å². The molecule has 1 saturated heterocycles. The summed E-state index contributed by atoms with van der Waals surface area (Å²) >= 11 is 0. The average Bonchev–Trinajstić information content (AvgIpc) is 2.78. The van der Waals surface area contributed by atoms with Crippen molar-refractivity contribution in [2.24, 2.45) is 5.73 Å². The van der Waals surface area contributed by atoms with Crippen molar-refractivity contribution in [2.75, 3.05) is 39.8 Å². The Morgan fingerprint density at radius 2 is 1.80 bits per heavy atom. The fraction of sp³-hybridized carbons (Fsp3) is 0.391. The smallest absolute Gasteiger partial charge is 0.244 e. The zero-order chi connectivity index (χ0) is 21.3. The van der Waals surface area contributed by atoms with Gasteiger partial charge in [0.1, 0.15) is 11.8 Å². The van der Waals surface area contributed by atoms with Gasteiger partial charge in [-0.15, -0.1) is 0 Å². The van der Waals surface area contributed by atoms with E-state index in [4.69, 9.17) is 10.5 Å². The first-order valence-corrected chi connectivity index (χ1v) is 10.3. The molecule has 1 heterocycles. The highest BCUT2D eigenvalue weighted by Crippen LogP contribution is 2.17. The van der Waals surface area contributed by atoms with Crippen LogP contribution in [0.3, 0.4) is 0 Å². The van der Waals surface area contributed by atoms with Crippen molar-refractivity contribution >= 4 is 11.8 Å². The number of nitrogens with one attached hydrogen (secondary N) is 1. The zero-order valence-corrected chi connectivity index (χ0v) is 17.4. The van der Waals surface area contributed by atoms with E-state index in [0.29, 0.717) is 26.2 Å². The Kier molecular flexibility index (Phi) is 7.82. The van der Waals surface area contributed by atoms with Crippen LogP contribution in [-0.4, -0.2) is 67.5 Å². The lowest BCUT2D eigenvalue weighted by Gasteiger charge is -2.40. The molecule has 30 heavy (non-hydrogen) atoms. The van der Waals surface area contributed by atoms with Crippen molar-refractivity contribution < 1.29 is 14.3 Å². The minimum atomic E-state index is -0.528. The predicted octanol–water partition coefficient (Wildman–Crippen LogP) is 1.03. The molecular weight excluding hydrogens is 380 g/mol.